The first kappa shape index (κ1) is 27.4. The van der Waals surface area contributed by atoms with E-state index in [-0.39, 0.29) is 29.1 Å². The Hall–Kier alpha value is -3.13. The van der Waals surface area contributed by atoms with Crippen molar-refractivity contribution in [1.82, 2.24) is 15.2 Å². The summed E-state index contributed by atoms with van der Waals surface area (Å²) in [5, 5.41) is 5.95. The van der Waals surface area contributed by atoms with Gasteiger partial charge >= 0.3 is 0 Å². The van der Waals surface area contributed by atoms with E-state index in [1.54, 1.807) is 0 Å². The van der Waals surface area contributed by atoms with Gasteiger partial charge in [-0.05, 0) is 87.2 Å². The molecule has 2 aliphatic carbocycles. The molecule has 3 N–H and O–H groups in total. The lowest BCUT2D eigenvalue weighted by Gasteiger charge is -2.29. The molecule has 0 radical (unpaired) electrons. The highest BCUT2D eigenvalue weighted by atomic mass is 16.5. The molecule has 1 unspecified atom stereocenters. The highest BCUT2D eigenvalue weighted by molar-refractivity contribution is 6.06. The van der Waals surface area contributed by atoms with Crippen LogP contribution in [0.25, 0.3) is 0 Å². The van der Waals surface area contributed by atoms with Crippen molar-refractivity contribution < 1.29 is 19.1 Å². The maximum Gasteiger partial charge on any atom is 0.268 e. The summed E-state index contributed by atoms with van der Waals surface area (Å²) in [6, 6.07) is 6.80. The molecule has 2 amide bonds. The first-order chi connectivity index (χ1) is 18.6. The standard InChI is InChI=1S/C31H42N4O4/c1-19-27-25(17-31(2,3)18-26(27)36)33-28(19)30(38)34-24(12-7-20-5-6-20)29(37)32-21-8-10-22(11-9-21)39-23-13-15-35(4)16-14-23/h8-11,20,23-24,33H,5-7,12-18H2,1-4H3,(H,32,37)(H,34,38). The van der Waals surface area contributed by atoms with Crippen LogP contribution in [0.5, 0.6) is 5.75 Å². The second-order valence-electron chi connectivity index (χ2n) is 12.6. The van der Waals surface area contributed by atoms with Crippen LogP contribution in [0, 0.1) is 18.3 Å². The summed E-state index contributed by atoms with van der Waals surface area (Å²) in [7, 11) is 2.13. The van der Waals surface area contributed by atoms with Crippen LogP contribution in [0.15, 0.2) is 24.3 Å². The van der Waals surface area contributed by atoms with Gasteiger partial charge in [0.1, 0.15) is 23.6 Å². The minimum absolute atomic E-state index is 0.0697. The SMILES string of the molecule is Cc1c(C(=O)NC(CCC2CC2)C(=O)Nc2ccc(OC3CCN(C)CC3)cc2)[nH]c2c1C(=O)CC(C)(C)C2. The molecule has 1 aromatic carbocycles. The van der Waals surface area contributed by atoms with Crippen molar-refractivity contribution in [2.45, 2.75) is 84.3 Å². The number of piperidine rings is 1. The molecule has 3 aliphatic rings. The number of amides is 2. The molecule has 2 fully saturated rings. The molecule has 1 aromatic heterocycles. The highest BCUT2D eigenvalue weighted by Gasteiger charge is 2.36. The van der Waals surface area contributed by atoms with Gasteiger partial charge in [-0.2, -0.15) is 0 Å². The number of anilines is 1. The van der Waals surface area contributed by atoms with E-state index >= 15 is 0 Å². The zero-order valence-corrected chi connectivity index (χ0v) is 23.7. The molecule has 210 valence electrons. The number of nitrogens with one attached hydrogen (secondary N) is 3. The third-order valence-corrected chi connectivity index (χ3v) is 8.40. The van der Waals surface area contributed by atoms with Crippen molar-refractivity contribution in [2.75, 3.05) is 25.5 Å². The van der Waals surface area contributed by atoms with Crippen LogP contribution in [0.1, 0.15) is 90.9 Å². The van der Waals surface area contributed by atoms with Gasteiger partial charge in [-0.1, -0.05) is 26.7 Å². The number of ether oxygens (including phenoxy) is 1. The van der Waals surface area contributed by atoms with Crippen LogP contribution in [0.3, 0.4) is 0 Å². The van der Waals surface area contributed by atoms with Gasteiger partial charge in [0.2, 0.25) is 5.91 Å². The van der Waals surface area contributed by atoms with E-state index in [9.17, 15) is 14.4 Å². The Morgan fingerprint density at radius 2 is 1.79 bits per heavy atom. The summed E-state index contributed by atoms with van der Waals surface area (Å²) < 4.78 is 6.13. The van der Waals surface area contributed by atoms with E-state index in [0.717, 1.165) is 43.8 Å². The average Bonchev–Trinajstić information content (AvgIpc) is 3.65. The lowest BCUT2D eigenvalue weighted by molar-refractivity contribution is -0.118. The van der Waals surface area contributed by atoms with Crippen LogP contribution < -0.4 is 15.4 Å². The van der Waals surface area contributed by atoms with Crippen molar-refractivity contribution in [2.24, 2.45) is 11.3 Å². The predicted octanol–water partition coefficient (Wildman–Crippen LogP) is 4.88. The molecule has 2 heterocycles. The molecule has 1 saturated carbocycles. The number of carbonyl (C=O) groups is 3. The summed E-state index contributed by atoms with van der Waals surface area (Å²) >= 11 is 0. The number of nitrogens with zero attached hydrogens (tertiary/aromatic N) is 1. The van der Waals surface area contributed by atoms with Gasteiger partial charge < -0.3 is 25.3 Å². The Bertz CT molecular complexity index is 1220. The van der Waals surface area contributed by atoms with E-state index in [4.69, 9.17) is 4.74 Å². The van der Waals surface area contributed by atoms with Gasteiger partial charge in [-0.25, -0.2) is 0 Å². The van der Waals surface area contributed by atoms with Crippen molar-refractivity contribution in [1.29, 1.82) is 0 Å². The van der Waals surface area contributed by atoms with Crippen molar-refractivity contribution in [3.05, 3.63) is 46.8 Å². The van der Waals surface area contributed by atoms with E-state index in [2.05, 4.69) is 41.4 Å². The summed E-state index contributed by atoms with van der Waals surface area (Å²) in [5.41, 5.74) is 3.03. The second-order valence-corrected chi connectivity index (χ2v) is 12.6. The smallest absolute Gasteiger partial charge is 0.268 e. The van der Waals surface area contributed by atoms with Gasteiger partial charge in [0.05, 0.1) is 0 Å². The maximum absolute atomic E-state index is 13.4. The molecule has 39 heavy (non-hydrogen) atoms. The van der Waals surface area contributed by atoms with Gasteiger partial charge in [0.15, 0.2) is 5.78 Å². The highest BCUT2D eigenvalue weighted by Crippen LogP contribution is 2.37. The number of hydrogen-bond acceptors (Lipinski definition) is 5. The van der Waals surface area contributed by atoms with E-state index < -0.39 is 6.04 Å². The lowest BCUT2D eigenvalue weighted by atomic mass is 9.75. The Kier molecular flexibility index (Phi) is 7.85. The number of benzene rings is 1. The zero-order chi connectivity index (χ0) is 27.7. The fraction of sp³-hybridized carbons (Fsp3) is 0.581. The topological polar surface area (TPSA) is 104 Å². The molecule has 2 aromatic rings. The number of likely N-dealkylation sites (tertiary alicyclic amines) is 1. The molecule has 8 nitrogen and oxygen atoms in total. The molecular formula is C31H42N4O4. The average molecular weight is 535 g/mol. The number of rotatable bonds is 9. The molecule has 5 rings (SSSR count). The summed E-state index contributed by atoms with van der Waals surface area (Å²) in [5.74, 6) is 0.919. The quantitative estimate of drug-likeness (QED) is 0.426. The number of fused-ring (bicyclic) bond motifs is 1. The van der Waals surface area contributed by atoms with Crippen LogP contribution in [0.2, 0.25) is 0 Å². The van der Waals surface area contributed by atoms with Crippen LogP contribution in [-0.4, -0.2) is 59.8 Å². The first-order valence-electron chi connectivity index (χ1n) is 14.4. The normalized spacial score (nSPS) is 20.3. The first-order valence-corrected chi connectivity index (χ1v) is 14.4. The predicted molar refractivity (Wildman–Crippen MR) is 151 cm³/mol. The largest absolute Gasteiger partial charge is 0.490 e. The summed E-state index contributed by atoms with van der Waals surface area (Å²) in [6.07, 6.45) is 7.24. The summed E-state index contributed by atoms with van der Waals surface area (Å²) in [6.45, 7) is 8.01. The molecule has 1 aliphatic heterocycles. The number of carbonyl (C=O) groups excluding carboxylic acids is 3. The van der Waals surface area contributed by atoms with E-state index in [1.807, 2.05) is 31.2 Å². The second kappa shape index (κ2) is 11.2. The van der Waals surface area contributed by atoms with E-state index in [0.29, 0.717) is 47.7 Å². The van der Waals surface area contributed by atoms with E-state index in [1.165, 1.54) is 12.8 Å². The Balaban J connectivity index is 1.24. The Labute approximate surface area is 231 Å². The zero-order valence-electron chi connectivity index (χ0n) is 23.7. The number of ketones is 1. The molecular weight excluding hydrogens is 492 g/mol. The Morgan fingerprint density at radius 3 is 2.46 bits per heavy atom. The minimum Gasteiger partial charge on any atom is -0.490 e. The number of aromatic nitrogens is 1. The number of H-pyrrole nitrogens is 1. The fourth-order valence-electron chi connectivity index (χ4n) is 5.91. The lowest BCUT2D eigenvalue weighted by Crippen LogP contribution is -2.44. The van der Waals surface area contributed by atoms with Crippen LogP contribution in [0.4, 0.5) is 5.69 Å². The molecule has 8 heteroatoms. The van der Waals surface area contributed by atoms with Crippen molar-refractivity contribution >= 4 is 23.3 Å². The van der Waals surface area contributed by atoms with Gasteiger partial charge in [0, 0.05) is 36.5 Å². The summed E-state index contributed by atoms with van der Waals surface area (Å²) in [4.78, 5) is 45.0. The monoisotopic (exact) mass is 534 g/mol. The van der Waals surface area contributed by atoms with Gasteiger partial charge in [-0.3, -0.25) is 14.4 Å². The number of Topliss-reactive ketones (excluding diaryl/α,β-unsaturated/α-hetero) is 1. The minimum atomic E-state index is -0.667. The molecule has 1 atom stereocenters. The fourth-order valence-corrected chi connectivity index (χ4v) is 5.91. The van der Waals surface area contributed by atoms with Crippen molar-refractivity contribution in [3.63, 3.8) is 0 Å². The third-order valence-electron chi connectivity index (χ3n) is 8.40. The molecule has 0 bridgehead atoms. The van der Waals surface area contributed by atoms with Gasteiger partial charge in [-0.15, -0.1) is 0 Å². The molecule has 1 saturated heterocycles. The molecule has 0 spiro atoms. The van der Waals surface area contributed by atoms with Crippen LogP contribution >= 0.6 is 0 Å². The van der Waals surface area contributed by atoms with Gasteiger partial charge in [0.25, 0.3) is 5.91 Å². The van der Waals surface area contributed by atoms with Crippen molar-refractivity contribution in [3.8, 4) is 5.75 Å². The Morgan fingerprint density at radius 1 is 1.10 bits per heavy atom. The maximum atomic E-state index is 13.4. The van der Waals surface area contributed by atoms with Crippen LogP contribution in [-0.2, 0) is 11.2 Å². The number of aromatic amines is 1. The third kappa shape index (κ3) is 6.72. The number of hydrogen-bond donors (Lipinski definition) is 3.